The highest BCUT2D eigenvalue weighted by atomic mass is 32.1. The zero-order valence-electron chi connectivity index (χ0n) is 15.2. The second-order valence-electron chi connectivity index (χ2n) is 6.29. The van der Waals surface area contributed by atoms with Gasteiger partial charge in [-0.25, -0.2) is 4.98 Å². The number of hydrogen-bond acceptors (Lipinski definition) is 6. The van der Waals surface area contributed by atoms with E-state index >= 15 is 0 Å². The number of amides is 1. The van der Waals surface area contributed by atoms with Crippen LogP contribution in [0.3, 0.4) is 0 Å². The number of nitrogens with zero attached hydrogens (tertiary/aromatic N) is 2. The van der Waals surface area contributed by atoms with Crippen LogP contribution in [-0.2, 0) is 4.79 Å². The summed E-state index contributed by atoms with van der Waals surface area (Å²) in [5.74, 6) is -0.212. The molecule has 4 rings (SSSR count). The Balaban J connectivity index is 1.36. The molecular formula is C20H17N5O3S. The maximum absolute atomic E-state index is 12.2. The highest BCUT2D eigenvalue weighted by Crippen LogP contribution is 2.31. The molecule has 2 aromatic heterocycles. The van der Waals surface area contributed by atoms with Crippen molar-refractivity contribution in [3.8, 4) is 11.3 Å². The average Bonchev–Trinajstić information content (AvgIpc) is 3.35. The number of anilines is 2. The van der Waals surface area contributed by atoms with Gasteiger partial charge in [-0.05, 0) is 12.1 Å². The first-order chi connectivity index (χ1) is 14.1. The van der Waals surface area contributed by atoms with Crippen LogP contribution in [0.15, 0.2) is 60.1 Å². The predicted octanol–water partition coefficient (Wildman–Crippen LogP) is 4.64. The summed E-state index contributed by atoms with van der Waals surface area (Å²) < 4.78 is 0. The maximum Gasteiger partial charge on any atom is 0.292 e. The van der Waals surface area contributed by atoms with Crippen molar-refractivity contribution in [2.45, 2.75) is 6.42 Å². The lowest BCUT2D eigenvalue weighted by Crippen LogP contribution is -2.16. The van der Waals surface area contributed by atoms with E-state index in [0.29, 0.717) is 10.8 Å². The number of carbonyl (C=O) groups excluding carboxylic acids is 1. The monoisotopic (exact) mass is 407 g/mol. The number of nitro benzene ring substituents is 1. The molecule has 0 fully saturated rings. The van der Waals surface area contributed by atoms with Crippen molar-refractivity contribution >= 4 is 44.7 Å². The number of thiazole rings is 1. The normalized spacial score (nSPS) is 10.8. The van der Waals surface area contributed by atoms with Crippen LogP contribution in [0.5, 0.6) is 0 Å². The Labute approximate surface area is 169 Å². The third-order valence-electron chi connectivity index (χ3n) is 4.38. The molecule has 0 radical (unpaired) electrons. The van der Waals surface area contributed by atoms with E-state index in [1.54, 1.807) is 18.2 Å². The van der Waals surface area contributed by atoms with Gasteiger partial charge in [0.2, 0.25) is 5.91 Å². The lowest BCUT2D eigenvalue weighted by molar-refractivity contribution is -0.384. The highest BCUT2D eigenvalue weighted by molar-refractivity contribution is 7.14. The summed E-state index contributed by atoms with van der Waals surface area (Å²) >= 11 is 1.35. The first-order valence-electron chi connectivity index (χ1n) is 8.91. The number of carbonyl (C=O) groups is 1. The van der Waals surface area contributed by atoms with Gasteiger partial charge in [0.05, 0.1) is 10.6 Å². The molecule has 8 nitrogen and oxygen atoms in total. The minimum atomic E-state index is -0.454. The van der Waals surface area contributed by atoms with Crippen molar-refractivity contribution in [3.63, 3.8) is 0 Å². The molecule has 0 aliphatic rings. The molecule has 2 aromatic carbocycles. The van der Waals surface area contributed by atoms with Crippen LogP contribution < -0.4 is 10.6 Å². The van der Waals surface area contributed by atoms with E-state index in [-0.39, 0.29) is 24.6 Å². The Hall–Kier alpha value is -3.72. The molecule has 0 aliphatic carbocycles. The number of benzene rings is 2. The maximum atomic E-state index is 12.2. The molecule has 0 spiro atoms. The van der Waals surface area contributed by atoms with Crippen molar-refractivity contribution in [2.75, 3.05) is 17.2 Å². The van der Waals surface area contributed by atoms with E-state index in [1.165, 1.54) is 17.4 Å². The van der Waals surface area contributed by atoms with Crippen LogP contribution in [0.1, 0.15) is 6.42 Å². The molecule has 4 aromatic rings. The number of para-hydroxylation sites is 3. The summed E-state index contributed by atoms with van der Waals surface area (Å²) in [6.07, 6.45) is 2.07. The number of aromatic amines is 1. The van der Waals surface area contributed by atoms with Crippen LogP contribution in [0.4, 0.5) is 16.5 Å². The molecule has 29 heavy (non-hydrogen) atoms. The van der Waals surface area contributed by atoms with Gasteiger partial charge in [-0.15, -0.1) is 11.3 Å². The largest absolute Gasteiger partial charge is 0.379 e. The van der Waals surface area contributed by atoms with Crippen molar-refractivity contribution in [3.05, 3.63) is 70.2 Å². The third-order valence-corrected chi connectivity index (χ3v) is 5.14. The van der Waals surface area contributed by atoms with Gasteiger partial charge >= 0.3 is 0 Å². The molecule has 1 amide bonds. The van der Waals surface area contributed by atoms with Gasteiger partial charge < -0.3 is 15.6 Å². The fourth-order valence-electron chi connectivity index (χ4n) is 3.01. The van der Waals surface area contributed by atoms with Gasteiger partial charge in [0.25, 0.3) is 5.69 Å². The van der Waals surface area contributed by atoms with Gasteiger partial charge in [0.15, 0.2) is 5.13 Å². The summed E-state index contributed by atoms with van der Waals surface area (Å²) in [7, 11) is 0. The number of H-pyrrole nitrogens is 1. The number of nitro groups is 1. The lowest BCUT2D eigenvalue weighted by atomic mass is 10.1. The van der Waals surface area contributed by atoms with E-state index < -0.39 is 4.92 Å². The Morgan fingerprint density at radius 3 is 2.83 bits per heavy atom. The minimum Gasteiger partial charge on any atom is -0.379 e. The Morgan fingerprint density at radius 2 is 1.97 bits per heavy atom. The number of aromatic nitrogens is 2. The smallest absolute Gasteiger partial charge is 0.292 e. The quantitative estimate of drug-likeness (QED) is 0.305. The van der Waals surface area contributed by atoms with Crippen molar-refractivity contribution in [1.82, 2.24) is 9.97 Å². The summed E-state index contributed by atoms with van der Waals surface area (Å²) in [6, 6.07) is 14.3. The topological polar surface area (TPSA) is 113 Å². The minimum absolute atomic E-state index is 0.0174. The summed E-state index contributed by atoms with van der Waals surface area (Å²) in [6.45, 7) is 0.275. The van der Waals surface area contributed by atoms with Gasteiger partial charge in [-0.3, -0.25) is 14.9 Å². The number of nitrogens with one attached hydrogen (secondary N) is 3. The van der Waals surface area contributed by atoms with E-state index in [2.05, 4.69) is 20.6 Å². The Morgan fingerprint density at radius 1 is 1.17 bits per heavy atom. The van der Waals surface area contributed by atoms with Crippen LogP contribution in [0.2, 0.25) is 0 Å². The average molecular weight is 407 g/mol. The number of rotatable bonds is 7. The highest BCUT2D eigenvalue weighted by Gasteiger charge is 2.13. The molecule has 0 saturated carbocycles. The van der Waals surface area contributed by atoms with Gasteiger partial charge in [0, 0.05) is 47.1 Å². The van der Waals surface area contributed by atoms with E-state index in [4.69, 9.17) is 0 Å². The van der Waals surface area contributed by atoms with Crippen LogP contribution in [0.25, 0.3) is 22.2 Å². The fraction of sp³-hybridized carbons (Fsp3) is 0.100. The molecular weight excluding hydrogens is 390 g/mol. The summed E-state index contributed by atoms with van der Waals surface area (Å²) in [5.41, 5.74) is 3.18. The predicted molar refractivity (Wildman–Crippen MR) is 114 cm³/mol. The first-order valence-corrected chi connectivity index (χ1v) is 9.79. The van der Waals surface area contributed by atoms with Crippen LogP contribution in [-0.4, -0.2) is 27.3 Å². The SMILES string of the molecule is O=C(CCNc1ccccc1[N+](=O)[O-])Nc1nc(-c2c[nH]c3ccccc23)cs1. The van der Waals surface area contributed by atoms with Crippen molar-refractivity contribution < 1.29 is 9.72 Å². The molecule has 0 saturated heterocycles. The van der Waals surface area contributed by atoms with Gasteiger partial charge in [0.1, 0.15) is 5.69 Å². The van der Waals surface area contributed by atoms with E-state index in [0.717, 1.165) is 22.2 Å². The molecule has 0 unspecified atom stereocenters. The van der Waals surface area contributed by atoms with Gasteiger partial charge in [-0.2, -0.15) is 0 Å². The second kappa shape index (κ2) is 8.11. The van der Waals surface area contributed by atoms with Crippen molar-refractivity contribution in [2.24, 2.45) is 0 Å². The molecule has 9 heteroatoms. The van der Waals surface area contributed by atoms with Crippen molar-refractivity contribution in [1.29, 1.82) is 0 Å². The standard InChI is InChI=1S/C20H17N5O3S/c26-19(9-10-21-16-7-3-4-8-18(16)25(27)28)24-20-23-17(12-29-20)14-11-22-15-6-2-1-5-13(14)15/h1-8,11-12,21-22H,9-10H2,(H,23,24,26). The summed E-state index contributed by atoms with van der Waals surface area (Å²) in [5, 5.41) is 20.2. The Kier molecular flexibility index (Phi) is 5.21. The van der Waals surface area contributed by atoms with E-state index in [9.17, 15) is 14.9 Å². The molecule has 3 N–H and O–H groups in total. The zero-order chi connectivity index (χ0) is 20.2. The first kappa shape index (κ1) is 18.6. The zero-order valence-corrected chi connectivity index (χ0v) is 16.0. The van der Waals surface area contributed by atoms with E-state index in [1.807, 2.05) is 35.8 Å². The van der Waals surface area contributed by atoms with Crippen LogP contribution >= 0.6 is 11.3 Å². The Bertz CT molecular complexity index is 1180. The molecule has 0 aliphatic heterocycles. The molecule has 2 heterocycles. The van der Waals surface area contributed by atoms with Crippen LogP contribution in [0, 0.1) is 10.1 Å². The molecule has 0 atom stereocenters. The third kappa shape index (κ3) is 4.09. The second-order valence-corrected chi connectivity index (χ2v) is 7.14. The lowest BCUT2D eigenvalue weighted by Gasteiger charge is -2.06. The number of fused-ring (bicyclic) bond motifs is 1. The number of hydrogen-bond donors (Lipinski definition) is 3. The molecule has 146 valence electrons. The van der Waals surface area contributed by atoms with Gasteiger partial charge in [-0.1, -0.05) is 30.3 Å². The summed E-state index contributed by atoms with van der Waals surface area (Å²) in [4.78, 5) is 30.5. The molecule has 0 bridgehead atoms. The fourth-order valence-corrected chi connectivity index (χ4v) is 3.74.